The number of para-hydroxylation sites is 1. The van der Waals surface area contributed by atoms with Crippen LogP contribution >= 0.6 is 0 Å². The van der Waals surface area contributed by atoms with E-state index in [1.165, 1.54) is 7.11 Å². The van der Waals surface area contributed by atoms with Crippen LogP contribution in [0.4, 0.5) is 5.69 Å². The number of fused-ring (bicyclic) bond motifs is 1. The van der Waals surface area contributed by atoms with E-state index >= 15 is 0 Å². The summed E-state index contributed by atoms with van der Waals surface area (Å²) in [6, 6.07) is 15.1. The van der Waals surface area contributed by atoms with Gasteiger partial charge in [0.2, 0.25) is 0 Å². The highest BCUT2D eigenvalue weighted by Gasteiger charge is 2.07. The van der Waals surface area contributed by atoms with E-state index in [-0.39, 0.29) is 5.97 Å². The predicted molar refractivity (Wildman–Crippen MR) is 81.3 cm³/mol. The Labute approximate surface area is 122 Å². The third-order valence-electron chi connectivity index (χ3n) is 3.33. The van der Waals surface area contributed by atoms with Crippen molar-refractivity contribution in [2.45, 2.75) is 6.54 Å². The van der Waals surface area contributed by atoms with Gasteiger partial charge in [-0.1, -0.05) is 24.3 Å². The Bertz CT molecular complexity index is 776. The highest BCUT2D eigenvalue weighted by atomic mass is 16.5. The number of ether oxygens (including phenoxy) is 1. The fraction of sp³-hybridized carbons (Fsp3) is 0.118. The van der Waals surface area contributed by atoms with Crippen molar-refractivity contribution in [3.63, 3.8) is 0 Å². The second-order valence-electron chi connectivity index (χ2n) is 4.68. The van der Waals surface area contributed by atoms with Gasteiger partial charge in [0.15, 0.2) is 0 Å². The minimum atomic E-state index is -0.340. The molecule has 0 fully saturated rings. The van der Waals surface area contributed by atoms with Gasteiger partial charge in [-0.15, -0.1) is 0 Å². The van der Waals surface area contributed by atoms with E-state index in [2.05, 4.69) is 5.32 Å². The first-order valence-corrected chi connectivity index (χ1v) is 6.65. The van der Waals surface area contributed by atoms with Crippen molar-refractivity contribution in [3.05, 3.63) is 65.9 Å². The first-order chi connectivity index (χ1) is 10.3. The SMILES string of the molecule is COC(=O)c1cccc(NCc2coc3ccccc23)c1. The topological polar surface area (TPSA) is 51.5 Å². The number of hydrogen-bond donors (Lipinski definition) is 1. The maximum Gasteiger partial charge on any atom is 0.337 e. The maximum atomic E-state index is 11.5. The molecule has 0 saturated heterocycles. The number of benzene rings is 2. The molecule has 2 aromatic carbocycles. The van der Waals surface area contributed by atoms with Gasteiger partial charge in [0.1, 0.15) is 5.58 Å². The van der Waals surface area contributed by atoms with Gasteiger partial charge in [0.05, 0.1) is 18.9 Å². The molecule has 4 nitrogen and oxygen atoms in total. The molecule has 21 heavy (non-hydrogen) atoms. The molecule has 3 aromatic rings. The number of anilines is 1. The molecule has 1 N–H and O–H groups in total. The summed E-state index contributed by atoms with van der Waals surface area (Å²) in [5, 5.41) is 4.38. The largest absolute Gasteiger partial charge is 0.465 e. The zero-order valence-electron chi connectivity index (χ0n) is 11.6. The molecular weight excluding hydrogens is 266 g/mol. The molecule has 1 aromatic heterocycles. The van der Waals surface area contributed by atoms with E-state index in [0.29, 0.717) is 12.1 Å². The molecule has 3 rings (SSSR count). The van der Waals surface area contributed by atoms with Gasteiger partial charge >= 0.3 is 5.97 Å². The van der Waals surface area contributed by atoms with Gasteiger partial charge < -0.3 is 14.5 Å². The molecule has 0 aliphatic carbocycles. The summed E-state index contributed by atoms with van der Waals surface area (Å²) in [5.74, 6) is -0.340. The molecule has 106 valence electrons. The molecule has 0 unspecified atom stereocenters. The Morgan fingerprint density at radius 1 is 1.19 bits per heavy atom. The Morgan fingerprint density at radius 2 is 2.05 bits per heavy atom. The van der Waals surface area contributed by atoms with Crippen molar-refractivity contribution in [2.75, 3.05) is 12.4 Å². The van der Waals surface area contributed by atoms with Crippen LogP contribution in [-0.4, -0.2) is 13.1 Å². The second-order valence-corrected chi connectivity index (χ2v) is 4.68. The van der Waals surface area contributed by atoms with Crippen molar-refractivity contribution in [1.82, 2.24) is 0 Å². The number of carbonyl (C=O) groups is 1. The Hall–Kier alpha value is -2.75. The van der Waals surface area contributed by atoms with E-state index in [1.807, 2.05) is 36.4 Å². The monoisotopic (exact) mass is 281 g/mol. The second kappa shape index (κ2) is 5.71. The van der Waals surface area contributed by atoms with Crippen LogP contribution in [0.15, 0.2) is 59.2 Å². The van der Waals surface area contributed by atoms with Crippen LogP contribution in [0.3, 0.4) is 0 Å². The Balaban J connectivity index is 1.77. The van der Waals surface area contributed by atoms with Gasteiger partial charge in [0.25, 0.3) is 0 Å². The fourth-order valence-electron chi connectivity index (χ4n) is 2.24. The quantitative estimate of drug-likeness (QED) is 0.738. The molecule has 4 heteroatoms. The normalized spacial score (nSPS) is 10.5. The van der Waals surface area contributed by atoms with Crippen molar-refractivity contribution < 1.29 is 13.9 Å². The van der Waals surface area contributed by atoms with Crippen LogP contribution in [0.5, 0.6) is 0 Å². The molecule has 0 aliphatic rings. The minimum absolute atomic E-state index is 0.340. The smallest absolute Gasteiger partial charge is 0.337 e. The number of nitrogens with one attached hydrogen (secondary N) is 1. The van der Waals surface area contributed by atoms with E-state index in [0.717, 1.165) is 22.2 Å². The fourth-order valence-corrected chi connectivity index (χ4v) is 2.24. The van der Waals surface area contributed by atoms with Crippen molar-refractivity contribution >= 4 is 22.6 Å². The lowest BCUT2D eigenvalue weighted by Gasteiger charge is -2.07. The summed E-state index contributed by atoms with van der Waals surface area (Å²) < 4.78 is 10.2. The van der Waals surface area contributed by atoms with Gasteiger partial charge in [0, 0.05) is 23.2 Å². The highest BCUT2D eigenvalue weighted by Crippen LogP contribution is 2.22. The number of rotatable bonds is 4. The zero-order valence-corrected chi connectivity index (χ0v) is 11.6. The summed E-state index contributed by atoms with van der Waals surface area (Å²) in [5.41, 5.74) is 3.34. The molecule has 0 atom stereocenters. The number of carbonyl (C=O) groups excluding carboxylic acids is 1. The van der Waals surface area contributed by atoms with E-state index in [4.69, 9.17) is 9.15 Å². The molecule has 0 saturated carbocycles. The number of methoxy groups -OCH3 is 1. The van der Waals surface area contributed by atoms with Crippen molar-refractivity contribution in [2.24, 2.45) is 0 Å². The van der Waals surface area contributed by atoms with Gasteiger partial charge in [-0.2, -0.15) is 0 Å². The van der Waals surface area contributed by atoms with Gasteiger partial charge in [-0.25, -0.2) is 4.79 Å². The lowest BCUT2D eigenvalue weighted by atomic mass is 10.1. The summed E-state index contributed by atoms with van der Waals surface area (Å²) in [4.78, 5) is 11.5. The maximum absolute atomic E-state index is 11.5. The number of esters is 1. The minimum Gasteiger partial charge on any atom is -0.465 e. The zero-order chi connectivity index (χ0) is 14.7. The lowest BCUT2D eigenvalue weighted by molar-refractivity contribution is 0.0601. The number of hydrogen-bond acceptors (Lipinski definition) is 4. The Morgan fingerprint density at radius 3 is 2.90 bits per heavy atom. The lowest BCUT2D eigenvalue weighted by Crippen LogP contribution is -2.03. The van der Waals surface area contributed by atoms with Gasteiger partial charge in [-0.3, -0.25) is 0 Å². The van der Waals surface area contributed by atoms with Crippen molar-refractivity contribution in [3.8, 4) is 0 Å². The first kappa shape index (κ1) is 13.2. The average molecular weight is 281 g/mol. The molecule has 0 radical (unpaired) electrons. The molecule has 0 amide bonds. The van der Waals surface area contributed by atoms with E-state index < -0.39 is 0 Å². The third-order valence-corrected chi connectivity index (χ3v) is 3.33. The highest BCUT2D eigenvalue weighted by molar-refractivity contribution is 5.90. The summed E-state index contributed by atoms with van der Waals surface area (Å²) in [6.07, 6.45) is 1.75. The predicted octanol–water partition coefficient (Wildman–Crippen LogP) is 3.83. The van der Waals surface area contributed by atoms with Crippen LogP contribution in [0.2, 0.25) is 0 Å². The van der Waals surface area contributed by atoms with Crippen LogP contribution in [-0.2, 0) is 11.3 Å². The Kier molecular flexibility index (Phi) is 3.60. The van der Waals surface area contributed by atoms with Crippen LogP contribution < -0.4 is 5.32 Å². The average Bonchev–Trinajstić information content (AvgIpc) is 2.95. The van der Waals surface area contributed by atoms with Crippen LogP contribution in [0.1, 0.15) is 15.9 Å². The molecular formula is C17H15NO3. The van der Waals surface area contributed by atoms with Gasteiger partial charge in [-0.05, 0) is 24.3 Å². The van der Waals surface area contributed by atoms with Crippen molar-refractivity contribution in [1.29, 1.82) is 0 Å². The van der Waals surface area contributed by atoms with E-state index in [1.54, 1.807) is 18.4 Å². The molecule has 0 spiro atoms. The number of furan rings is 1. The summed E-state index contributed by atoms with van der Waals surface area (Å²) in [7, 11) is 1.38. The van der Waals surface area contributed by atoms with Crippen LogP contribution in [0.25, 0.3) is 11.0 Å². The third kappa shape index (κ3) is 2.74. The summed E-state index contributed by atoms with van der Waals surface area (Å²) >= 11 is 0. The van der Waals surface area contributed by atoms with Crippen LogP contribution in [0, 0.1) is 0 Å². The molecule has 1 heterocycles. The molecule has 0 bridgehead atoms. The summed E-state index contributed by atoms with van der Waals surface area (Å²) in [6.45, 7) is 0.627. The first-order valence-electron chi connectivity index (χ1n) is 6.65. The standard InChI is InChI=1S/C17H15NO3/c1-20-17(19)12-5-4-6-14(9-12)18-10-13-11-21-16-8-3-2-7-15(13)16/h2-9,11,18H,10H2,1H3. The van der Waals surface area contributed by atoms with E-state index in [9.17, 15) is 4.79 Å². The molecule has 0 aliphatic heterocycles.